The highest BCUT2D eigenvalue weighted by atomic mass is 35.5. The molecule has 30 heavy (non-hydrogen) atoms. The number of hydrogen-bond donors (Lipinski definition) is 1. The summed E-state index contributed by atoms with van der Waals surface area (Å²) in [5.74, 6) is 1.23. The van der Waals surface area contributed by atoms with Gasteiger partial charge in [0, 0.05) is 23.2 Å². The Kier molecular flexibility index (Phi) is 8.77. The van der Waals surface area contributed by atoms with Gasteiger partial charge in [-0.05, 0) is 30.7 Å². The fourth-order valence-electron chi connectivity index (χ4n) is 3.05. The number of carbonyl (C=O) groups is 1. The smallest absolute Gasteiger partial charge is 0.236 e. The van der Waals surface area contributed by atoms with Crippen molar-refractivity contribution in [3.05, 3.63) is 41.6 Å². The standard InChI is InChI=1S/C21H26ClN5O2S/c1-2-3-4-5-6-7-13-27-20(16-8-10-17(22)11-9-16)24-25-21(27)30-15-19(28)23-18-12-14-29-26-18/h8-12,14H,2-7,13,15H2,1H3,(H,23,26,28). The second-order valence-corrected chi connectivity index (χ2v) is 8.33. The minimum atomic E-state index is -0.170. The number of aromatic nitrogens is 4. The van der Waals surface area contributed by atoms with Crippen LogP contribution in [0.4, 0.5) is 5.82 Å². The molecule has 0 aliphatic heterocycles. The first-order valence-corrected chi connectivity index (χ1v) is 11.6. The maximum Gasteiger partial charge on any atom is 0.236 e. The molecular weight excluding hydrogens is 422 g/mol. The van der Waals surface area contributed by atoms with Crippen LogP contribution in [0.1, 0.15) is 45.4 Å². The van der Waals surface area contributed by atoms with E-state index >= 15 is 0 Å². The lowest BCUT2D eigenvalue weighted by atomic mass is 10.1. The summed E-state index contributed by atoms with van der Waals surface area (Å²) >= 11 is 7.39. The second kappa shape index (κ2) is 11.8. The summed E-state index contributed by atoms with van der Waals surface area (Å²) in [6, 6.07) is 9.17. The van der Waals surface area contributed by atoms with Crippen molar-refractivity contribution < 1.29 is 9.32 Å². The van der Waals surface area contributed by atoms with Crippen molar-refractivity contribution in [2.45, 2.75) is 57.1 Å². The number of halogens is 1. The molecule has 9 heteroatoms. The highest BCUT2D eigenvalue weighted by Gasteiger charge is 2.16. The third-order valence-electron chi connectivity index (χ3n) is 4.59. The van der Waals surface area contributed by atoms with Crippen LogP contribution >= 0.6 is 23.4 Å². The Bertz CT molecular complexity index is 912. The summed E-state index contributed by atoms with van der Waals surface area (Å²) in [7, 11) is 0. The maximum absolute atomic E-state index is 12.2. The maximum atomic E-state index is 12.2. The molecule has 0 aliphatic rings. The third kappa shape index (κ3) is 6.60. The van der Waals surface area contributed by atoms with Gasteiger partial charge in [-0.15, -0.1) is 10.2 Å². The van der Waals surface area contributed by atoms with E-state index in [1.807, 2.05) is 24.3 Å². The Balaban J connectivity index is 1.66. The van der Waals surface area contributed by atoms with Gasteiger partial charge >= 0.3 is 0 Å². The summed E-state index contributed by atoms with van der Waals surface area (Å²) in [6.45, 7) is 3.03. The van der Waals surface area contributed by atoms with Crippen LogP contribution in [0.15, 0.2) is 46.3 Å². The third-order valence-corrected chi connectivity index (χ3v) is 5.81. The highest BCUT2D eigenvalue weighted by molar-refractivity contribution is 7.99. The second-order valence-electron chi connectivity index (χ2n) is 6.95. The predicted octanol–water partition coefficient (Wildman–Crippen LogP) is 5.68. The molecule has 1 N–H and O–H groups in total. The Labute approximate surface area is 185 Å². The number of nitrogens with one attached hydrogen (secondary N) is 1. The van der Waals surface area contributed by atoms with E-state index in [0.29, 0.717) is 10.8 Å². The number of nitrogens with zero attached hydrogens (tertiary/aromatic N) is 4. The van der Waals surface area contributed by atoms with Gasteiger partial charge < -0.3 is 14.4 Å². The normalized spacial score (nSPS) is 11.0. The average Bonchev–Trinajstić information content (AvgIpc) is 3.39. The molecule has 0 unspecified atom stereocenters. The summed E-state index contributed by atoms with van der Waals surface area (Å²) in [5.41, 5.74) is 0.955. The van der Waals surface area contributed by atoms with E-state index in [2.05, 4.69) is 32.2 Å². The van der Waals surface area contributed by atoms with Crippen LogP contribution in [0.5, 0.6) is 0 Å². The molecule has 0 atom stereocenters. The summed E-state index contributed by atoms with van der Waals surface area (Å²) in [4.78, 5) is 12.2. The molecule has 3 rings (SSSR count). The first-order valence-electron chi connectivity index (χ1n) is 10.2. The zero-order valence-electron chi connectivity index (χ0n) is 17.0. The van der Waals surface area contributed by atoms with E-state index in [4.69, 9.17) is 16.1 Å². The monoisotopic (exact) mass is 447 g/mol. The van der Waals surface area contributed by atoms with Crippen LogP contribution in [0.2, 0.25) is 5.02 Å². The van der Waals surface area contributed by atoms with Crippen LogP contribution < -0.4 is 5.32 Å². The van der Waals surface area contributed by atoms with Crippen molar-refractivity contribution in [1.82, 2.24) is 19.9 Å². The number of thioether (sulfide) groups is 1. The first-order chi connectivity index (χ1) is 14.7. The lowest BCUT2D eigenvalue weighted by Gasteiger charge is -2.10. The van der Waals surface area contributed by atoms with Gasteiger partial charge in [0.25, 0.3) is 0 Å². The number of benzene rings is 1. The molecular formula is C21H26ClN5O2S. The summed E-state index contributed by atoms with van der Waals surface area (Å²) < 4.78 is 6.82. The molecule has 0 saturated carbocycles. The van der Waals surface area contributed by atoms with E-state index in [1.54, 1.807) is 6.07 Å². The zero-order chi connectivity index (χ0) is 21.2. The number of carbonyl (C=O) groups excluding carboxylic acids is 1. The minimum absolute atomic E-state index is 0.170. The van der Waals surface area contributed by atoms with Gasteiger partial charge in [0.15, 0.2) is 16.8 Å². The summed E-state index contributed by atoms with van der Waals surface area (Å²) in [5, 5.41) is 16.5. The number of rotatable bonds is 12. The minimum Gasteiger partial charge on any atom is -0.363 e. The lowest BCUT2D eigenvalue weighted by molar-refractivity contribution is -0.113. The number of amides is 1. The molecule has 0 fully saturated rings. The van der Waals surface area contributed by atoms with Crippen LogP contribution in [0.3, 0.4) is 0 Å². The van der Waals surface area contributed by atoms with Gasteiger partial charge in [0.1, 0.15) is 6.26 Å². The first kappa shape index (κ1) is 22.4. The molecule has 160 valence electrons. The number of unbranched alkanes of at least 4 members (excludes halogenated alkanes) is 5. The van der Waals surface area contributed by atoms with E-state index in [0.717, 1.165) is 35.9 Å². The topological polar surface area (TPSA) is 85.8 Å². The Morgan fingerprint density at radius 3 is 2.60 bits per heavy atom. The Morgan fingerprint density at radius 1 is 1.10 bits per heavy atom. The van der Waals surface area contributed by atoms with Crippen LogP contribution in [0.25, 0.3) is 11.4 Å². The Morgan fingerprint density at radius 2 is 1.87 bits per heavy atom. The molecule has 2 heterocycles. The average molecular weight is 448 g/mol. The molecule has 1 aromatic carbocycles. The largest absolute Gasteiger partial charge is 0.363 e. The lowest BCUT2D eigenvalue weighted by Crippen LogP contribution is -2.15. The van der Waals surface area contributed by atoms with E-state index < -0.39 is 0 Å². The van der Waals surface area contributed by atoms with Crippen LogP contribution in [-0.4, -0.2) is 31.6 Å². The van der Waals surface area contributed by atoms with Crippen molar-refractivity contribution >= 4 is 35.1 Å². The van der Waals surface area contributed by atoms with E-state index in [9.17, 15) is 4.79 Å². The zero-order valence-corrected chi connectivity index (χ0v) is 18.6. The molecule has 0 saturated heterocycles. The van der Waals surface area contributed by atoms with Gasteiger partial charge in [0.2, 0.25) is 5.91 Å². The van der Waals surface area contributed by atoms with Gasteiger partial charge in [-0.3, -0.25) is 4.79 Å². The molecule has 3 aromatic rings. The number of anilines is 1. The van der Waals surface area contributed by atoms with Crippen molar-refractivity contribution in [3.63, 3.8) is 0 Å². The molecule has 1 amide bonds. The fourth-order valence-corrected chi connectivity index (χ4v) is 3.94. The molecule has 0 radical (unpaired) electrons. The van der Waals surface area contributed by atoms with Crippen LogP contribution in [-0.2, 0) is 11.3 Å². The quantitative estimate of drug-likeness (QED) is 0.284. The molecule has 0 spiro atoms. The summed E-state index contributed by atoms with van der Waals surface area (Å²) in [6.07, 6.45) is 8.64. The van der Waals surface area contributed by atoms with Gasteiger partial charge in [-0.1, -0.05) is 67.5 Å². The molecule has 0 bridgehead atoms. The molecule has 0 aliphatic carbocycles. The highest BCUT2D eigenvalue weighted by Crippen LogP contribution is 2.26. The molecule has 7 nitrogen and oxygen atoms in total. The SMILES string of the molecule is CCCCCCCCn1c(SCC(=O)Nc2ccon2)nnc1-c1ccc(Cl)cc1. The van der Waals surface area contributed by atoms with Crippen molar-refractivity contribution in [1.29, 1.82) is 0 Å². The number of hydrogen-bond acceptors (Lipinski definition) is 6. The van der Waals surface area contributed by atoms with Crippen LogP contribution in [0, 0.1) is 0 Å². The van der Waals surface area contributed by atoms with Gasteiger partial charge in [-0.2, -0.15) is 0 Å². The van der Waals surface area contributed by atoms with E-state index in [-0.39, 0.29) is 11.7 Å². The van der Waals surface area contributed by atoms with Gasteiger partial charge in [0.05, 0.1) is 5.75 Å². The van der Waals surface area contributed by atoms with Crippen molar-refractivity contribution in [2.24, 2.45) is 0 Å². The van der Waals surface area contributed by atoms with Crippen molar-refractivity contribution in [3.8, 4) is 11.4 Å². The predicted molar refractivity (Wildman–Crippen MR) is 120 cm³/mol. The van der Waals surface area contributed by atoms with Gasteiger partial charge in [-0.25, -0.2) is 0 Å². The van der Waals surface area contributed by atoms with Crippen molar-refractivity contribution in [2.75, 3.05) is 11.1 Å². The Hall–Kier alpha value is -2.32. The fraction of sp³-hybridized carbons (Fsp3) is 0.429. The molecule has 2 aromatic heterocycles. The van der Waals surface area contributed by atoms with E-state index in [1.165, 1.54) is 43.7 Å².